The van der Waals surface area contributed by atoms with E-state index in [0.29, 0.717) is 24.2 Å². The van der Waals surface area contributed by atoms with Crippen LogP contribution in [0.1, 0.15) is 44.2 Å². The van der Waals surface area contributed by atoms with Gasteiger partial charge < -0.3 is 18.9 Å². The average molecular weight is 435 g/mol. The van der Waals surface area contributed by atoms with Gasteiger partial charge in [-0.05, 0) is 44.4 Å². The van der Waals surface area contributed by atoms with Gasteiger partial charge in [0.1, 0.15) is 5.60 Å². The molecule has 1 aromatic carbocycles. The molecule has 1 amide bonds. The first-order chi connectivity index (χ1) is 14.5. The van der Waals surface area contributed by atoms with Gasteiger partial charge >= 0.3 is 24.0 Å². The summed E-state index contributed by atoms with van der Waals surface area (Å²) in [6.45, 7) is 5.82. The van der Waals surface area contributed by atoms with E-state index in [-0.39, 0.29) is 6.42 Å². The summed E-state index contributed by atoms with van der Waals surface area (Å²) in [5.41, 5.74) is 1.46. The van der Waals surface area contributed by atoms with Crippen LogP contribution in [0.3, 0.4) is 0 Å². The van der Waals surface area contributed by atoms with E-state index >= 15 is 0 Å². The van der Waals surface area contributed by atoms with Crippen molar-refractivity contribution >= 4 is 29.7 Å². The monoisotopic (exact) mass is 435 g/mol. The van der Waals surface area contributed by atoms with E-state index in [1.165, 1.54) is 12.0 Å². The number of anilines is 1. The maximum absolute atomic E-state index is 12.5. The fourth-order valence-electron chi connectivity index (χ4n) is 3.53. The summed E-state index contributed by atoms with van der Waals surface area (Å²) in [4.78, 5) is 50.8. The Bertz CT molecular complexity index is 842. The first kappa shape index (κ1) is 24.2. The van der Waals surface area contributed by atoms with Crippen LogP contribution in [0.4, 0.5) is 10.5 Å². The second-order valence-corrected chi connectivity index (χ2v) is 8.18. The fraction of sp³-hybridized carbons (Fsp3) is 0.545. The second kappa shape index (κ2) is 9.80. The van der Waals surface area contributed by atoms with Gasteiger partial charge in [-0.3, -0.25) is 19.3 Å². The predicted octanol–water partition coefficient (Wildman–Crippen LogP) is 2.59. The molecule has 170 valence electrons. The van der Waals surface area contributed by atoms with Crippen molar-refractivity contribution in [3.8, 4) is 0 Å². The smallest absolute Gasteiger partial charge is 0.414 e. The Hall–Kier alpha value is -3.10. The second-order valence-electron chi connectivity index (χ2n) is 8.18. The van der Waals surface area contributed by atoms with Crippen LogP contribution in [-0.4, -0.2) is 57.5 Å². The highest BCUT2D eigenvalue weighted by atomic mass is 16.6. The summed E-state index contributed by atoms with van der Waals surface area (Å²) in [7, 11) is 3.55. The summed E-state index contributed by atoms with van der Waals surface area (Å²) in [6.07, 6.45) is -0.110. The van der Waals surface area contributed by atoms with E-state index in [0.717, 1.165) is 19.8 Å². The Labute approximate surface area is 181 Å². The van der Waals surface area contributed by atoms with Crippen LogP contribution in [0.15, 0.2) is 18.2 Å². The topological polar surface area (TPSA) is 108 Å². The Balaban J connectivity index is 2.42. The van der Waals surface area contributed by atoms with Crippen LogP contribution in [0, 0.1) is 5.92 Å². The standard InChI is InChI=1S/C22H29NO8/c1-22(2,3)31-21(27)23-10-9-14-11-13(7-8-16(14)23)15(12-17(24)28-4)18(19(25)29-5)20(26)30-6/h7-8,11,15,18H,9-10,12H2,1-6H3. The average Bonchev–Trinajstić information content (AvgIpc) is 3.14. The van der Waals surface area contributed by atoms with Gasteiger partial charge in [-0.1, -0.05) is 12.1 Å². The molecule has 0 spiro atoms. The van der Waals surface area contributed by atoms with Gasteiger partial charge in [-0.15, -0.1) is 0 Å². The first-order valence-corrected chi connectivity index (χ1v) is 9.88. The summed E-state index contributed by atoms with van der Waals surface area (Å²) >= 11 is 0. The van der Waals surface area contributed by atoms with Crippen LogP contribution >= 0.6 is 0 Å². The molecule has 1 aliphatic rings. The molecule has 0 aliphatic carbocycles. The van der Waals surface area contributed by atoms with Crippen molar-refractivity contribution < 1.29 is 38.1 Å². The Kier molecular flexibility index (Phi) is 7.65. The molecule has 1 atom stereocenters. The third-order valence-corrected chi connectivity index (χ3v) is 4.97. The van der Waals surface area contributed by atoms with Crippen molar-refractivity contribution in [2.75, 3.05) is 32.8 Å². The third kappa shape index (κ3) is 5.74. The number of hydrogen-bond acceptors (Lipinski definition) is 8. The van der Waals surface area contributed by atoms with Crippen molar-refractivity contribution in [1.82, 2.24) is 0 Å². The highest BCUT2D eigenvalue weighted by Gasteiger charge is 2.40. The van der Waals surface area contributed by atoms with Crippen LogP contribution in [0.5, 0.6) is 0 Å². The number of esters is 3. The van der Waals surface area contributed by atoms with Crippen molar-refractivity contribution in [3.63, 3.8) is 0 Å². The minimum Gasteiger partial charge on any atom is -0.469 e. The third-order valence-electron chi connectivity index (χ3n) is 4.97. The predicted molar refractivity (Wildman–Crippen MR) is 111 cm³/mol. The minimum absolute atomic E-state index is 0.222. The van der Waals surface area contributed by atoms with Gasteiger partial charge in [0.05, 0.1) is 33.4 Å². The number of carbonyl (C=O) groups is 4. The molecule has 0 N–H and O–H groups in total. The zero-order valence-corrected chi connectivity index (χ0v) is 18.7. The molecule has 31 heavy (non-hydrogen) atoms. The largest absolute Gasteiger partial charge is 0.469 e. The van der Waals surface area contributed by atoms with Gasteiger partial charge in [-0.2, -0.15) is 0 Å². The molecule has 1 heterocycles. The summed E-state index contributed by atoms with van der Waals surface area (Å²) < 4.78 is 19.8. The molecular formula is C22H29NO8. The maximum Gasteiger partial charge on any atom is 0.414 e. The van der Waals surface area contributed by atoms with E-state index in [2.05, 4.69) is 0 Å². The minimum atomic E-state index is -1.34. The lowest BCUT2D eigenvalue weighted by Gasteiger charge is -2.25. The van der Waals surface area contributed by atoms with Crippen LogP contribution in [0.25, 0.3) is 0 Å². The van der Waals surface area contributed by atoms with Gasteiger partial charge in [-0.25, -0.2) is 4.79 Å². The summed E-state index contributed by atoms with van der Waals surface area (Å²) in [6, 6.07) is 5.18. The first-order valence-electron chi connectivity index (χ1n) is 9.88. The number of fused-ring (bicyclic) bond motifs is 1. The molecule has 0 aromatic heterocycles. The normalized spacial score (nSPS) is 14.0. The molecule has 2 rings (SSSR count). The molecule has 0 radical (unpaired) electrons. The molecule has 9 nitrogen and oxygen atoms in total. The van der Waals surface area contributed by atoms with E-state index in [1.807, 2.05) is 0 Å². The molecule has 0 bridgehead atoms. The van der Waals surface area contributed by atoms with Gasteiger partial charge in [0.15, 0.2) is 5.92 Å². The lowest BCUT2D eigenvalue weighted by atomic mass is 9.82. The molecule has 1 aromatic rings. The van der Waals surface area contributed by atoms with Crippen molar-refractivity contribution in [2.45, 2.75) is 45.1 Å². The highest BCUT2D eigenvalue weighted by molar-refractivity contribution is 5.97. The lowest BCUT2D eigenvalue weighted by Crippen LogP contribution is -2.35. The van der Waals surface area contributed by atoms with Gasteiger partial charge in [0.2, 0.25) is 0 Å². The van der Waals surface area contributed by atoms with Crippen LogP contribution < -0.4 is 4.90 Å². The Morgan fingerprint density at radius 2 is 1.61 bits per heavy atom. The van der Waals surface area contributed by atoms with E-state index < -0.39 is 41.4 Å². The number of ether oxygens (including phenoxy) is 4. The molecule has 0 saturated carbocycles. The highest BCUT2D eigenvalue weighted by Crippen LogP contribution is 2.36. The number of amides is 1. The number of methoxy groups -OCH3 is 3. The quantitative estimate of drug-likeness (QED) is 0.381. The van der Waals surface area contributed by atoms with Crippen molar-refractivity contribution in [2.24, 2.45) is 5.92 Å². The van der Waals surface area contributed by atoms with E-state index in [4.69, 9.17) is 18.9 Å². The summed E-state index contributed by atoms with van der Waals surface area (Å²) in [5.74, 6) is -4.39. The zero-order chi connectivity index (χ0) is 23.3. The fourth-order valence-corrected chi connectivity index (χ4v) is 3.53. The molecule has 0 saturated heterocycles. The molecule has 9 heteroatoms. The summed E-state index contributed by atoms with van der Waals surface area (Å²) in [5, 5.41) is 0. The number of carbonyl (C=O) groups excluding carboxylic acids is 4. The maximum atomic E-state index is 12.5. The lowest BCUT2D eigenvalue weighted by molar-refractivity contribution is -0.160. The van der Waals surface area contributed by atoms with E-state index in [9.17, 15) is 19.2 Å². The number of benzene rings is 1. The number of rotatable bonds is 6. The van der Waals surface area contributed by atoms with Crippen LogP contribution in [-0.2, 0) is 39.8 Å². The molecule has 0 fully saturated rings. The zero-order valence-electron chi connectivity index (χ0n) is 18.7. The van der Waals surface area contributed by atoms with Crippen molar-refractivity contribution in [1.29, 1.82) is 0 Å². The molecule has 1 aliphatic heterocycles. The molecule has 1 unspecified atom stereocenters. The van der Waals surface area contributed by atoms with Gasteiger partial charge in [0.25, 0.3) is 0 Å². The Morgan fingerprint density at radius 3 is 2.13 bits per heavy atom. The van der Waals surface area contributed by atoms with Gasteiger partial charge in [0, 0.05) is 12.5 Å². The Morgan fingerprint density at radius 1 is 1.00 bits per heavy atom. The van der Waals surface area contributed by atoms with Crippen molar-refractivity contribution in [3.05, 3.63) is 29.3 Å². The number of nitrogens with zero attached hydrogens (tertiary/aromatic N) is 1. The van der Waals surface area contributed by atoms with E-state index in [1.54, 1.807) is 39.0 Å². The SMILES string of the molecule is COC(=O)CC(c1ccc2c(c1)CCN2C(=O)OC(C)(C)C)C(C(=O)OC)C(=O)OC. The van der Waals surface area contributed by atoms with Crippen LogP contribution in [0.2, 0.25) is 0 Å². The number of hydrogen-bond donors (Lipinski definition) is 0. The molecular weight excluding hydrogens is 406 g/mol.